The molecular formula is C14H20N4O2S. The van der Waals surface area contributed by atoms with Crippen LogP contribution in [0, 0.1) is 13.8 Å². The number of nitrogens with one attached hydrogen (secondary N) is 1. The molecule has 0 saturated carbocycles. The van der Waals surface area contributed by atoms with Crippen molar-refractivity contribution < 1.29 is 8.42 Å². The number of nitrogens with two attached hydrogens (primary N) is 1. The summed E-state index contributed by atoms with van der Waals surface area (Å²) in [4.78, 5) is 0.266. The predicted octanol–water partition coefficient (Wildman–Crippen LogP) is 1.98. The lowest BCUT2D eigenvalue weighted by atomic mass is 10.1. The van der Waals surface area contributed by atoms with Gasteiger partial charge in [0.1, 0.15) is 0 Å². The highest BCUT2D eigenvalue weighted by Crippen LogP contribution is 2.26. The average Bonchev–Trinajstić information content (AvgIpc) is 2.66. The zero-order valence-electron chi connectivity index (χ0n) is 12.6. The smallest absolute Gasteiger partial charge is 0.262 e. The summed E-state index contributed by atoms with van der Waals surface area (Å²) in [5.74, 6) is 0. The molecule has 0 unspecified atom stereocenters. The third-order valence-electron chi connectivity index (χ3n) is 3.24. The number of benzene rings is 1. The van der Waals surface area contributed by atoms with E-state index in [0.717, 1.165) is 0 Å². The third kappa shape index (κ3) is 3.02. The van der Waals surface area contributed by atoms with Gasteiger partial charge in [0, 0.05) is 18.9 Å². The van der Waals surface area contributed by atoms with Gasteiger partial charge in [-0.1, -0.05) is 6.92 Å². The number of aromatic nitrogens is 2. The van der Waals surface area contributed by atoms with Crippen LogP contribution in [0.15, 0.2) is 23.2 Å². The molecule has 2 aromatic rings. The molecule has 0 atom stereocenters. The molecule has 0 radical (unpaired) electrons. The molecule has 1 aromatic heterocycles. The highest BCUT2D eigenvalue weighted by Gasteiger charge is 2.22. The van der Waals surface area contributed by atoms with Gasteiger partial charge >= 0.3 is 0 Å². The van der Waals surface area contributed by atoms with Gasteiger partial charge in [0.25, 0.3) is 10.0 Å². The summed E-state index contributed by atoms with van der Waals surface area (Å²) in [6, 6.07) is 3.32. The van der Waals surface area contributed by atoms with Crippen LogP contribution in [-0.2, 0) is 23.5 Å². The molecule has 21 heavy (non-hydrogen) atoms. The van der Waals surface area contributed by atoms with E-state index in [1.807, 2.05) is 6.92 Å². The summed E-state index contributed by atoms with van der Waals surface area (Å²) >= 11 is 0. The van der Waals surface area contributed by atoms with Crippen LogP contribution in [0.1, 0.15) is 23.7 Å². The van der Waals surface area contributed by atoms with Crippen LogP contribution in [0.5, 0.6) is 0 Å². The van der Waals surface area contributed by atoms with Gasteiger partial charge < -0.3 is 5.73 Å². The first-order valence-corrected chi connectivity index (χ1v) is 8.15. The fourth-order valence-electron chi connectivity index (χ4n) is 2.48. The van der Waals surface area contributed by atoms with E-state index >= 15 is 0 Å². The second-order valence-corrected chi connectivity index (χ2v) is 6.73. The SMILES string of the molecule is CCc1nn(C)cc1NS(=O)(=O)c1c(C)cc(N)cc1C. The predicted molar refractivity (Wildman–Crippen MR) is 83.7 cm³/mol. The van der Waals surface area contributed by atoms with Gasteiger partial charge in [-0.15, -0.1) is 0 Å². The highest BCUT2D eigenvalue weighted by molar-refractivity contribution is 7.92. The van der Waals surface area contributed by atoms with Gasteiger partial charge in [-0.2, -0.15) is 5.10 Å². The Bertz CT molecular complexity index is 755. The maximum absolute atomic E-state index is 12.6. The Hall–Kier alpha value is -2.02. The van der Waals surface area contributed by atoms with Crippen molar-refractivity contribution >= 4 is 21.4 Å². The second-order valence-electron chi connectivity index (χ2n) is 5.11. The van der Waals surface area contributed by atoms with Gasteiger partial charge in [0.05, 0.1) is 16.3 Å². The molecule has 0 bridgehead atoms. The number of nitrogens with zero attached hydrogens (tertiary/aromatic N) is 2. The van der Waals surface area contributed by atoms with Crippen molar-refractivity contribution in [3.8, 4) is 0 Å². The van der Waals surface area contributed by atoms with Crippen molar-refractivity contribution in [3.05, 3.63) is 35.2 Å². The topological polar surface area (TPSA) is 90.0 Å². The Labute approximate surface area is 125 Å². The van der Waals surface area contributed by atoms with Crippen molar-refractivity contribution in [2.24, 2.45) is 7.05 Å². The zero-order valence-corrected chi connectivity index (χ0v) is 13.5. The first-order valence-electron chi connectivity index (χ1n) is 6.66. The number of aryl methyl sites for hydroxylation is 4. The Morgan fingerprint density at radius 2 is 1.86 bits per heavy atom. The van der Waals surface area contributed by atoms with Crippen molar-refractivity contribution in [2.75, 3.05) is 10.5 Å². The molecule has 1 heterocycles. The highest BCUT2D eigenvalue weighted by atomic mass is 32.2. The van der Waals surface area contributed by atoms with E-state index < -0.39 is 10.0 Å². The molecule has 3 N–H and O–H groups in total. The fourth-order valence-corrected chi connectivity index (χ4v) is 4.01. The molecule has 0 aliphatic heterocycles. The van der Waals surface area contributed by atoms with Gasteiger partial charge in [-0.3, -0.25) is 9.40 Å². The van der Waals surface area contributed by atoms with Crippen LogP contribution < -0.4 is 10.5 Å². The number of nitrogen functional groups attached to an aromatic ring is 1. The van der Waals surface area contributed by atoms with Crippen LogP contribution in [0.25, 0.3) is 0 Å². The molecule has 0 spiro atoms. The maximum atomic E-state index is 12.6. The standard InChI is InChI=1S/C14H20N4O2S/c1-5-12-13(8-18(4)16-12)17-21(19,20)14-9(2)6-11(15)7-10(14)3/h6-8,17H,5,15H2,1-4H3. The third-order valence-corrected chi connectivity index (χ3v) is 4.91. The average molecular weight is 308 g/mol. The van der Waals surface area contributed by atoms with E-state index in [0.29, 0.717) is 34.6 Å². The van der Waals surface area contributed by atoms with Gasteiger partial charge in [0.15, 0.2) is 0 Å². The molecule has 114 valence electrons. The molecule has 0 saturated heterocycles. The van der Waals surface area contributed by atoms with E-state index in [-0.39, 0.29) is 4.90 Å². The summed E-state index contributed by atoms with van der Waals surface area (Å²) < 4.78 is 29.5. The van der Waals surface area contributed by atoms with Gasteiger partial charge in [-0.05, 0) is 43.5 Å². The summed E-state index contributed by atoms with van der Waals surface area (Å²) in [6.45, 7) is 5.41. The minimum absolute atomic E-state index is 0.266. The van der Waals surface area contributed by atoms with Crippen molar-refractivity contribution in [1.82, 2.24) is 9.78 Å². The number of hydrogen-bond donors (Lipinski definition) is 2. The van der Waals surface area contributed by atoms with Crippen LogP contribution >= 0.6 is 0 Å². The monoisotopic (exact) mass is 308 g/mol. The molecule has 0 aliphatic rings. The molecular weight excluding hydrogens is 288 g/mol. The van der Waals surface area contributed by atoms with Gasteiger partial charge in [0.2, 0.25) is 0 Å². The normalized spacial score (nSPS) is 11.6. The first kappa shape index (κ1) is 15.4. The van der Waals surface area contributed by atoms with E-state index in [4.69, 9.17) is 5.73 Å². The lowest BCUT2D eigenvalue weighted by Crippen LogP contribution is -2.16. The largest absolute Gasteiger partial charge is 0.399 e. The molecule has 1 aromatic carbocycles. The van der Waals surface area contributed by atoms with E-state index in [1.165, 1.54) is 0 Å². The maximum Gasteiger partial charge on any atom is 0.262 e. The Morgan fingerprint density at radius 3 is 2.38 bits per heavy atom. The lowest BCUT2D eigenvalue weighted by molar-refractivity contribution is 0.600. The molecule has 0 aliphatic carbocycles. The Balaban J connectivity index is 2.48. The fraction of sp³-hybridized carbons (Fsp3) is 0.357. The van der Waals surface area contributed by atoms with E-state index in [2.05, 4.69) is 9.82 Å². The number of hydrogen-bond acceptors (Lipinski definition) is 4. The van der Waals surface area contributed by atoms with Crippen LogP contribution in [0.2, 0.25) is 0 Å². The number of rotatable bonds is 4. The van der Waals surface area contributed by atoms with Crippen LogP contribution in [0.3, 0.4) is 0 Å². The Morgan fingerprint density at radius 1 is 1.29 bits per heavy atom. The minimum Gasteiger partial charge on any atom is -0.399 e. The molecule has 0 fully saturated rings. The number of anilines is 2. The van der Waals surface area contributed by atoms with Crippen LogP contribution in [0.4, 0.5) is 11.4 Å². The molecule has 7 heteroatoms. The van der Waals surface area contributed by atoms with Crippen LogP contribution in [-0.4, -0.2) is 18.2 Å². The Kier molecular flexibility index (Phi) is 3.95. The number of sulfonamides is 1. The molecule has 2 rings (SSSR count). The molecule has 6 nitrogen and oxygen atoms in total. The molecule has 0 amide bonds. The van der Waals surface area contributed by atoms with Crippen molar-refractivity contribution in [2.45, 2.75) is 32.1 Å². The zero-order chi connectivity index (χ0) is 15.8. The quantitative estimate of drug-likeness (QED) is 0.845. The lowest BCUT2D eigenvalue weighted by Gasteiger charge is -2.13. The first-order chi connectivity index (χ1) is 9.74. The summed E-state index contributed by atoms with van der Waals surface area (Å²) in [5, 5.41) is 4.24. The second kappa shape index (κ2) is 5.40. The minimum atomic E-state index is -3.67. The van der Waals surface area contributed by atoms with E-state index in [9.17, 15) is 8.42 Å². The van der Waals surface area contributed by atoms with E-state index in [1.54, 1.807) is 43.9 Å². The summed E-state index contributed by atoms with van der Waals surface area (Å²) in [7, 11) is -1.91. The van der Waals surface area contributed by atoms with Gasteiger partial charge in [-0.25, -0.2) is 8.42 Å². The summed E-state index contributed by atoms with van der Waals surface area (Å²) in [5.41, 5.74) is 8.78. The summed E-state index contributed by atoms with van der Waals surface area (Å²) in [6.07, 6.45) is 2.32. The van der Waals surface area contributed by atoms with Crippen molar-refractivity contribution in [3.63, 3.8) is 0 Å². The van der Waals surface area contributed by atoms with Crippen molar-refractivity contribution in [1.29, 1.82) is 0 Å².